The number of thiophene rings is 1. The molecule has 0 radical (unpaired) electrons. The molecular formula is C18H14N2O5S. The monoisotopic (exact) mass is 370 g/mol. The van der Waals surface area contributed by atoms with Crippen LogP contribution in [0.3, 0.4) is 0 Å². The fourth-order valence-electron chi connectivity index (χ4n) is 2.51. The van der Waals surface area contributed by atoms with Crippen molar-refractivity contribution in [1.29, 1.82) is 0 Å². The number of hydrogen-bond donors (Lipinski definition) is 1. The Hall–Kier alpha value is -3.13. The highest BCUT2D eigenvalue weighted by molar-refractivity contribution is 7.13. The minimum absolute atomic E-state index is 0.0291. The molecule has 0 saturated carbocycles. The van der Waals surface area contributed by atoms with E-state index >= 15 is 0 Å². The van der Waals surface area contributed by atoms with Gasteiger partial charge in [0.25, 0.3) is 5.91 Å². The molecule has 8 heteroatoms. The van der Waals surface area contributed by atoms with E-state index in [1.54, 1.807) is 30.3 Å². The highest BCUT2D eigenvalue weighted by Crippen LogP contribution is 2.30. The van der Waals surface area contributed by atoms with Crippen LogP contribution in [-0.2, 0) is 20.9 Å². The van der Waals surface area contributed by atoms with E-state index in [-0.39, 0.29) is 18.9 Å². The first-order valence-electron chi connectivity index (χ1n) is 7.91. The molecule has 3 aromatic rings. The second kappa shape index (κ2) is 7.01. The van der Waals surface area contributed by atoms with Crippen molar-refractivity contribution in [3.8, 4) is 16.4 Å². The van der Waals surface area contributed by atoms with Crippen LogP contribution in [0.2, 0.25) is 0 Å². The van der Waals surface area contributed by atoms with Gasteiger partial charge in [0.15, 0.2) is 11.9 Å². The van der Waals surface area contributed by atoms with Gasteiger partial charge < -0.3 is 19.3 Å². The summed E-state index contributed by atoms with van der Waals surface area (Å²) < 4.78 is 16.0. The molecule has 1 aromatic carbocycles. The first-order valence-corrected chi connectivity index (χ1v) is 8.78. The summed E-state index contributed by atoms with van der Waals surface area (Å²) in [5.74, 6) is 0.229. The lowest BCUT2D eigenvalue weighted by Crippen LogP contribution is -2.38. The number of benzene rings is 1. The predicted molar refractivity (Wildman–Crippen MR) is 93.7 cm³/mol. The van der Waals surface area contributed by atoms with Crippen molar-refractivity contribution in [2.24, 2.45) is 0 Å². The number of ether oxygens (including phenoxy) is 2. The number of rotatable bonds is 5. The van der Waals surface area contributed by atoms with E-state index < -0.39 is 12.1 Å². The number of aromatic nitrogens is 1. The average Bonchev–Trinajstić information content (AvgIpc) is 3.32. The van der Waals surface area contributed by atoms with Gasteiger partial charge in [-0.2, -0.15) is 0 Å². The highest BCUT2D eigenvalue weighted by Gasteiger charge is 2.30. The Balaban J connectivity index is 1.33. The third kappa shape index (κ3) is 3.45. The van der Waals surface area contributed by atoms with E-state index in [4.69, 9.17) is 14.0 Å². The van der Waals surface area contributed by atoms with E-state index in [0.29, 0.717) is 22.9 Å². The minimum atomic E-state index is -0.920. The normalized spacial score (nSPS) is 15.7. The SMILES string of the molecule is O=C(C[C@@H]1Oc2ccccc2NC1=O)OCc1cc(-c2cccs2)on1. The number of carbonyl (C=O) groups excluding carboxylic acids is 2. The lowest BCUT2D eigenvalue weighted by Gasteiger charge is -2.25. The number of nitrogens with zero attached hydrogens (tertiary/aromatic N) is 1. The maximum atomic E-state index is 12.0. The van der Waals surface area contributed by atoms with Gasteiger partial charge >= 0.3 is 5.97 Å². The topological polar surface area (TPSA) is 90.7 Å². The Morgan fingerprint density at radius 3 is 3.00 bits per heavy atom. The molecule has 0 fully saturated rings. The number of esters is 1. The number of amides is 1. The van der Waals surface area contributed by atoms with Crippen LogP contribution in [-0.4, -0.2) is 23.1 Å². The number of anilines is 1. The van der Waals surface area contributed by atoms with Crippen molar-refractivity contribution < 1.29 is 23.6 Å². The van der Waals surface area contributed by atoms with Gasteiger partial charge in [0.2, 0.25) is 0 Å². The van der Waals surface area contributed by atoms with Crippen molar-refractivity contribution in [3.63, 3.8) is 0 Å². The fraction of sp³-hybridized carbons (Fsp3) is 0.167. The van der Waals surface area contributed by atoms with Gasteiger partial charge in [0.1, 0.15) is 18.1 Å². The Bertz CT molecular complexity index is 935. The third-order valence-electron chi connectivity index (χ3n) is 3.76. The summed E-state index contributed by atoms with van der Waals surface area (Å²) in [5, 5.41) is 8.53. The molecule has 0 unspecified atom stereocenters. The molecule has 1 N–H and O–H groups in total. The molecule has 1 aliphatic heterocycles. The van der Waals surface area contributed by atoms with Crippen LogP contribution in [0.25, 0.3) is 10.6 Å². The summed E-state index contributed by atoms with van der Waals surface area (Å²) in [6.07, 6.45) is -1.10. The van der Waals surface area contributed by atoms with Crippen LogP contribution in [0.5, 0.6) is 5.75 Å². The largest absolute Gasteiger partial charge is 0.478 e. The van der Waals surface area contributed by atoms with Crippen molar-refractivity contribution in [2.75, 3.05) is 5.32 Å². The molecule has 3 heterocycles. The molecule has 0 spiro atoms. The predicted octanol–water partition coefficient (Wildman–Crippen LogP) is 3.24. The van der Waals surface area contributed by atoms with Crippen LogP contribution < -0.4 is 10.1 Å². The summed E-state index contributed by atoms with van der Waals surface area (Å²) in [6, 6.07) is 12.6. The zero-order chi connectivity index (χ0) is 17.9. The molecule has 4 rings (SSSR count). The maximum absolute atomic E-state index is 12.0. The van der Waals surface area contributed by atoms with Crippen molar-refractivity contribution in [1.82, 2.24) is 5.16 Å². The van der Waals surface area contributed by atoms with Crippen LogP contribution in [0.1, 0.15) is 12.1 Å². The van der Waals surface area contributed by atoms with E-state index in [0.717, 1.165) is 4.88 Å². The molecule has 0 aliphatic carbocycles. The maximum Gasteiger partial charge on any atom is 0.310 e. The quantitative estimate of drug-likeness (QED) is 0.694. The molecule has 0 saturated heterocycles. The minimum Gasteiger partial charge on any atom is -0.478 e. The fourth-order valence-corrected chi connectivity index (χ4v) is 3.18. The second-order valence-electron chi connectivity index (χ2n) is 5.62. The van der Waals surface area contributed by atoms with Crippen molar-refractivity contribution in [2.45, 2.75) is 19.1 Å². The van der Waals surface area contributed by atoms with Crippen molar-refractivity contribution >= 4 is 28.9 Å². The number of para-hydroxylation sites is 2. The standard InChI is InChI=1S/C18H14N2O5S/c21-17(9-15-18(22)19-12-4-1-2-5-13(12)24-15)23-10-11-8-14(25-20-11)16-6-3-7-26-16/h1-8,15H,9-10H2,(H,19,22)/t15-/m0/s1. The van der Waals surface area contributed by atoms with Gasteiger partial charge in [-0.05, 0) is 23.6 Å². The van der Waals surface area contributed by atoms with Gasteiger partial charge in [-0.3, -0.25) is 9.59 Å². The lowest BCUT2D eigenvalue weighted by atomic mass is 10.1. The van der Waals surface area contributed by atoms with Crippen LogP contribution in [0, 0.1) is 0 Å². The zero-order valence-electron chi connectivity index (χ0n) is 13.5. The van der Waals surface area contributed by atoms with E-state index in [1.165, 1.54) is 11.3 Å². The van der Waals surface area contributed by atoms with Gasteiger partial charge in [-0.25, -0.2) is 0 Å². The molecule has 26 heavy (non-hydrogen) atoms. The molecule has 1 aliphatic rings. The Morgan fingerprint density at radius 1 is 1.27 bits per heavy atom. The molecular weight excluding hydrogens is 356 g/mol. The smallest absolute Gasteiger partial charge is 0.310 e. The molecule has 1 atom stereocenters. The molecule has 1 amide bonds. The van der Waals surface area contributed by atoms with Crippen molar-refractivity contribution in [3.05, 3.63) is 53.5 Å². The number of fused-ring (bicyclic) bond motifs is 1. The Kier molecular flexibility index (Phi) is 4.40. The summed E-state index contributed by atoms with van der Waals surface area (Å²) >= 11 is 1.53. The van der Waals surface area contributed by atoms with Gasteiger partial charge in [0.05, 0.1) is 17.0 Å². The molecule has 0 bridgehead atoms. The van der Waals surface area contributed by atoms with Gasteiger partial charge in [-0.1, -0.05) is 23.4 Å². The highest BCUT2D eigenvalue weighted by atomic mass is 32.1. The summed E-state index contributed by atoms with van der Waals surface area (Å²) in [7, 11) is 0. The Labute approximate surface area is 152 Å². The van der Waals surface area contributed by atoms with Crippen LogP contribution >= 0.6 is 11.3 Å². The van der Waals surface area contributed by atoms with Gasteiger partial charge in [-0.15, -0.1) is 11.3 Å². The first kappa shape index (κ1) is 16.3. The first-order chi connectivity index (χ1) is 12.7. The molecule has 132 valence electrons. The van der Waals surface area contributed by atoms with E-state index in [2.05, 4.69) is 10.5 Å². The Morgan fingerprint density at radius 2 is 2.15 bits per heavy atom. The molecule has 2 aromatic heterocycles. The molecule has 7 nitrogen and oxygen atoms in total. The second-order valence-corrected chi connectivity index (χ2v) is 6.56. The van der Waals surface area contributed by atoms with Crippen LogP contribution in [0.4, 0.5) is 5.69 Å². The summed E-state index contributed by atoms with van der Waals surface area (Å²) in [5.41, 5.74) is 1.09. The summed E-state index contributed by atoms with van der Waals surface area (Å²) in [4.78, 5) is 25.0. The van der Waals surface area contributed by atoms with E-state index in [9.17, 15) is 9.59 Å². The summed E-state index contributed by atoms with van der Waals surface area (Å²) in [6.45, 7) is -0.0291. The number of nitrogens with one attached hydrogen (secondary N) is 1. The third-order valence-corrected chi connectivity index (χ3v) is 4.65. The lowest BCUT2D eigenvalue weighted by molar-refractivity contribution is -0.149. The zero-order valence-corrected chi connectivity index (χ0v) is 14.3. The average molecular weight is 370 g/mol. The van der Waals surface area contributed by atoms with Crippen LogP contribution in [0.15, 0.2) is 52.4 Å². The van der Waals surface area contributed by atoms with E-state index in [1.807, 2.05) is 17.5 Å². The van der Waals surface area contributed by atoms with Gasteiger partial charge in [0, 0.05) is 6.07 Å². The number of hydrogen-bond acceptors (Lipinski definition) is 7. The number of carbonyl (C=O) groups is 2.